The van der Waals surface area contributed by atoms with Crippen LogP contribution in [0.15, 0.2) is 18.2 Å². The van der Waals surface area contributed by atoms with Crippen LogP contribution >= 0.6 is 0 Å². The Morgan fingerprint density at radius 2 is 2.09 bits per heavy atom. The third kappa shape index (κ3) is 3.65. The van der Waals surface area contributed by atoms with Crippen molar-refractivity contribution in [1.29, 1.82) is 0 Å². The Kier molecular flexibility index (Phi) is 4.85. The molecule has 0 aliphatic heterocycles. The van der Waals surface area contributed by atoms with Gasteiger partial charge in [0.1, 0.15) is 17.6 Å². The third-order valence-electron chi connectivity index (χ3n) is 3.78. The van der Waals surface area contributed by atoms with Gasteiger partial charge in [0.05, 0.1) is 14.2 Å². The lowest BCUT2D eigenvalue weighted by Gasteiger charge is -2.37. The molecule has 1 amide bonds. The molecule has 1 atom stereocenters. The molecule has 1 unspecified atom stereocenters. The number of benzene rings is 1. The molecule has 1 aromatic rings. The van der Waals surface area contributed by atoms with E-state index in [4.69, 9.17) is 9.47 Å². The van der Waals surface area contributed by atoms with E-state index in [-0.39, 0.29) is 6.54 Å². The van der Waals surface area contributed by atoms with E-state index in [1.54, 1.807) is 18.2 Å². The van der Waals surface area contributed by atoms with E-state index < -0.39 is 36.7 Å². The van der Waals surface area contributed by atoms with Gasteiger partial charge < -0.3 is 19.9 Å². The number of nitrogens with one attached hydrogen (secondary N) is 1. The predicted molar refractivity (Wildman–Crippen MR) is 75.1 cm³/mol. The molecule has 0 saturated heterocycles. The lowest BCUT2D eigenvalue weighted by molar-refractivity contribution is -0.157. The molecule has 2 rings (SSSR count). The highest BCUT2D eigenvalue weighted by atomic mass is 19.3. The molecule has 1 saturated carbocycles. The fraction of sp³-hybridized carbons (Fsp3) is 0.533. The summed E-state index contributed by atoms with van der Waals surface area (Å²) in [7, 11) is 3.02. The number of methoxy groups -OCH3 is 2. The van der Waals surface area contributed by atoms with Crippen LogP contribution in [0.1, 0.15) is 18.4 Å². The number of carbonyl (C=O) groups is 1. The Bertz CT molecular complexity index is 542. The number of aliphatic hydroxyl groups is 1. The van der Waals surface area contributed by atoms with Gasteiger partial charge in [-0.25, -0.2) is 8.78 Å². The molecule has 22 heavy (non-hydrogen) atoms. The number of ether oxygens (including phenoxy) is 2. The molecule has 0 spiro atoms. The zero-order valence-electron chi connectivity index (χ0n) is 12.4. The maximum atomic E-state index is 12.8. The highest BCUT2D eigenvalue weighted by Gasteiger charge is 2.49. The van der Waals surface area contributed by atoms with E-state index in [1.807, 2.05) is 0 Å². The SMILES string of the molecule is COc1ccc(CNC(=O)C(O)C2CC(F)(F)C2)c(OC)c1. The van der Waals surface area contributed by atoms with Crippen LogP contribution in [-0.4, -0.2) is 37.3 Å². The lowest BCUT2D eigenvalue weighted by Crippen LogP contribution is -2.48. The van der Waals surface area contributed by atoms with Gasteiger partial charge in [-0.15, -0.1) is 0 Å². The quantitative estimate of drug-likeness (QED) is 0.839. The summed E-state index contributed by atoms with van der Waals surface area (Å²) in [6.45, 7) is 0.131. The largest absolute Gasteiger partial charge is 0.497 e. The van der Waals surface area contributed by atoms with E-state index in [0.29, 0.717) is 17.1 Å². The van der Waals surface area contributed by atoms with Crippen molar-refractivity contribution in [3.8, 4) is 11.5 Å². The van der Waals surface area contributed by atoms with Crippen molar-refractivity contribution in [2.75, 3.05) is 14.2 Å². The smallest absolute Gasteiger partial charge is 0.249 e. The van der Waals surface area contributed by atoms with Crippen LogP contribution in [-0.2, 0) is 11.3 Å². The molecule has 1 aromatic carbocycles. The average Bonchev–Trinajstić information content (AvgIpc) is 2.49. The second kappa shape index (κ2) is 6.48. The Morgan fingerprint density at radius 3 is 2.64 bits per heavy atom. The van der Waals surface area contributed by atoms with Gasteiger partial charge in [0.25, 0.3) is 0 Å². The van der Waals surface area contributed by atoms with Gasteiger partial charge in [0.2, 0.25) is 11.8 Å². The Hall–Kier alpha value is -1.89. The summed E-state index contributed by atoms with van der Waals surface area (Å²) in [5.74, 6) is -2.95. The number of hydrogen-bond donors (Lipinski definition) is 2. The number of alkyl halides is 2. The Morgan fingerprint density at radius 1 is 1.41 bits per heavy atom. The standard InChI is InChI=1S/C15H19F2NO4/c1-21-11-4-3-9(12(5-11)22-2)8-18-14(20)13(19)10-6-15(16,17)7-10/h3-5,10,13,19H,6-8H2,1-2H3,(H,18,20). The average molecular weight is 315 g/mol. The van der Waals surface area contributed by atoms with Crippen LogP contribution in [0.4, 0.5) is 8.78 Å². The van der Waals surface area contributed by atoms with Gasteiger partial charge in [-0.2, -0.15) is 0 Å². The maximum absolute atomic E-state index is 12.8. The first kappa shape index (κ1) is 16.5. The van der Waals surface area contributed by atoms with Gasteiger partial charge in [-0.1, -0.05) is 0 Å². The first-order valence-corrected chi connectivity index (χ1v) is 6.91. The molecule has 1 aliphatic rings. The number of rotatable bonds is 6. The molecule has 0 aromatic heterocycles. The minimum Gasteiger partial charge on any atom is -0.497 e. The number of carbonyl (C=O) groups excluding carboxylic acids is 1. The molecule has 5 nitrogen and oxygen atoms in total. The predicted octanol–water partition coefficient (Wildman–Crippen LogP) is 1.73. The second-order valence-electron chi connectivity index (χ2n) is 5.36. The number of aliphatic hydroxyl groups excluding tert-OH is 1. The van der Waals surface area contributed by atoms with Crippen molar-refractivity contribution < 1.29 is 28.2 Å². The van der Waals surface area contributed by atoms with Crippen molar-refractivity contribution in [1.82, 2.24) is 5.32 Å². The van der Waals surface area contributed by atoms with Gasteiger partial charge in [0, 0.05) is 36.9 Å². The Balaban J connectivity index is 1.91. The highest BCUT2D eigenvalue weighted by molar-refractivity contribution is 5.81. The molecule has 7 heteroatoms. The summed E-state index contributed by atoms with van der Waals surface area (Å²) in [5.41, 5.74) is 0.697. The first-order chi connectivity index (χ1) is 10.4. The molecule has 0 bridgehead atoms. The van der Waals surface area contributed by atoms with Crippen LogP contribution in [0.2, 0.25) is 0 Å². The third-order valence-corrected chi connectivity index (χ3v) is 3.78. The number of halogens is 2. The van der Waals surface area contributed by atoms with Crippen LogP contribution in [0.3, 0.4) is 0 Å². The fourth-order valence-electron chi connectivity index (χ4n) is 2.43. The van der Waals surface area contributed by atoms with Crippen LogP contribution < -0.4 is 14.8 Å². The van der Waals surface area contributed by atoms with Gasteiger partial charge in [-0.05, 0) is 12.1 Å². The lowest BCUT2D eigenvalue weighted by atomic mass is 9.77. The molecular formula is C15H19F2NO4. The minimum absolute atomic E-state index is 0.131. The fourth-order valence-corrected chi connectivity index (χ4v) is 2.43. The molecular weight excluding hydrogens is 296 g/mol. The summed E-state index contributed by atoms with van der Waals surface area (Å²) in [4.78, 5) is 11.8. The minimum atomic E-state index is -2.76. The summed E-state index contributed by atoms with van der Waals surface area (Å²) in [5, 5.41) is 12.3. The molecule has 1 fully saturated rings. The van der Waals surface area contributed by atoms with Gasteiger partial charge >= 0.3 is 0 Å². The van der Waals surface area contributed by atoms with Gasteiger partial charge in [-0.3, -0.25) is 4.79 Å². The molecule has 0 heterocycles. The number of hydrogen-bond acceptors (Lipinski definition) is 4. The van der Waals surface area contributed by atoms with E-state index in [1.165, 1.54) is 14.2 Å². The van der Waals surface area contributed by atoms with E-state index >= 15 is 0 Å². The molecule has 2 N–H and O–H groups in total. The summed E-state index contributed by atoms with van der Waals surface area (Å²) in [6, 6.07) is 5.11. The maximum Gasteiger partial charge on any atom is 0.249 e. The van der Waals surface area contributed by atoms with Crippen molar-refractivity contribution in [3.63, 3.8) is 0 Å². The summed E-state index contributed by atoms with van der Waals surface area (Å²) in [6.07, 6.45) is -2.31. The zero-order valence-corrected chi connectivity index (χ0v) is 12.4. The highest BCUT2D eigenvalue weighted by Crippen LogP contribution is 2.44. The van der Waals surface area contributed by atoms with Crippen LogP contribution in [0.5, 0.6) is 11.5 Å². The van der Waals surface area contributed by atoms with E-state index in [0.717, 1.165) is 0 Å². The molecule has 0 radical (unpaired) electrons. The van der Waals surface area contributed by atoms with Crippen molar-refractivity contribution >= 4 is 5.91 Å². The summed E-state index contributed by atoms with van der Waals surface area (Å²) >= 11 is 0. The summed E-state index contributed by atoms with van der Waals surface area (Å²) < 4.78 is 35.8. The Labute approximate surface area is 127 Å². The molecule has 122 valence electrons. The second-order valence-corrected chi connectivity index (χ2v) is 5.36. The normalized spacial score (nSPS) is 18.2. The van der Waals surface area contributed by atoms with Gasteiger partial charge in [0.15, 0.2) is 0 Å². The monoisotopic (exact) mass is 315 g/mol. The van der Waals surface area contributed by atoms with Crippen LogP contribution in [0, 0.1) is 5.92 Å². The molecule has 1 aliphatic carbocycles. The van der Waals surface area contributed by atoms with E-state index in [9.17, 15) is 18.7 Å². The van der Waals surface area contributed by atoms with E-state index in [2.05, 4.69) is 5.32 Å². The number of amides is 1. The topological polar surface area (TPSA) is 67.8 Å². The van der Waals surface area contributed by atoms with Crippen molar-refractivity contribution in [2.45, 2.75) is 31.4 Å². The zero-order chi connectivity index (χ0) is 16.3. The first-order valence-electron chi connectivity index (χ1n) is 6.91. The van der Waals surface area contributed by atoms with Crippen molar-refractivity contribution in [3.05, 3.63) is 23.8 Å². The van der Waals surface area contributed by atoms with Crippen LogP contribution in [0.25, 0.3) is 0 Å². The van der Waals surface area contributed by atoms with Crippen molar-refractivity contribution in [2.24, 2.45) is 5.92 Å².